The Labute approximate surface area is 290 Å². The van der Waals surface area contributed by atoms with E-state index in [4.69, 9.17) is 15.2 Å². The fraction of sp³-hybridized carbons (Fsp3) is 0.459. The molecule has 0 amide bonds. The number of nitrogens with two attached hydrogens (primary N) is 1. The minimum Gasteiger partial charge on any atom is -0.459 e. The van der Waals surface area contributed by atoms with Crippen LogP contribution < -0.4 is 20.7 Å². The number of anilines is 2. The Balaban J connectivity index is 1.25. The zero-order chi connectivity index (χ0) is 36.0. The number of benzene rings is 2. The van der Waals surface area contributed by atoms with Gasteiger partial charge >= 0.3 is 12.1 Å². The maximum atomic E-state index is 14.9. The summed E-state index contributed by atoms with van der Waals surface area (Å²) >= 11 is 0. The number of carbonyl (C=O) groups excluding carboxylic acids is 1. The van der Waals surface area contributed by atoms with Crippen molar-refractivity contribution in [1.82, 2.24) is 25.1 Å². The predicted octanol–water partition coefficient (Wildman–Crippen LogP) is 6.81. The number of halogens is 3. The summed E-state index contributed by atoms with van der Waals surface area (Å²) in [7, 11) is 0. The van der Waals surface area contributed by atoms with Crippen molar-refractivity contribution in [2.24, 2.45) is 5.41 Å². The number of nitrogens with one attached hydrogen (secondary N) is 1. The summed E-state index contributed by atoms with van der Waals surface area (Å²) in [6, 6.07) is 13.5. The summed E-state index contributed by atoms with van der Waals surface area (Å²) < 4.78 is 57.6. The van der Waals surface area contributed by atoms with E-state index in [9.17, 15) is 18.0 Å². The number of ether oxygens (including phenoxy) is 2. The minimum absolute atomic E-state index is 0.0952. The van der Waals surface area contributed by atoms with Crippen LogP contribution in [0.5, 0.6) is 5.88 Å². The number of nitrogens with zero attached hydrogens (tertiary/aromatic N) is 5. The molecule has 6 rings (SSSR count). The molecule has 4 heterocycles. The molecule has 13 heteroatoms. The highest BCUT2D eigenvalue weighted by atomic mass is 19.4. The molecule has 2 atom stereocenters. The smallest absolute Gasteiger partial charge is 0.429 e. The molecule has 0 aliphatic carbocycles. The van der Waals surface area contributed by atoms with Crippen molar-refractivity contribution in [3.8, 4) is 22.7 Å². The lowest BCUT2D eigenvalue weighted by Gasteiger charge is -2.39. The normalized spacial score (nSPS) is 18.3. The van der Waals surface area contributed by atoms with Gasteiger partial charge in [0.1, 0.15) is 17.5 Å². The number of alkyl halides is 3. The average Bonchev–Trinajstić information content (AvgIpc) is 3.66. The van der Waals surface area contributed by atoms with Gasteiger partial charge in [0, 0.05) is 37.5 Å². The second-order valence-electron chi connectivity index (χ2n) is 14.6. The number of nitrogen functional groups attached to an aromatic ring is 1. The monoisotopic (exact) mass is 691 g/mol. The summed E-state index contributed by atoms with van der Waals surface area (Å²) in [6.45, 7) is 13.1. The van der Waals surface area contributed by atoms with Crippen molar-refractivity contribution < 1.29 is 27.4 Å². The van der Waals surface area contributed by atoms with Crippen LogP contribution in [0.1, 0.15) is 68.5 Å². The van der Waals surface area contributed by atoms with Gasteiger partial charge in [0.05, 0.1) is 11.4 Å². The average molecular weight is 692 g/mol. The van der Waals surface area contributed by atoms with Gasteiger partial charge in [-0.1, -0.05) is 30.3 Å². The SMILES string of the molecule is Cc1ccn(-c2cc(-c3ccc(C)c(C)c3)ccc2C(Oc2cc(N3CCC4(CC3)CN[C@H](C(=O)OC(C)(C)C)C4)nc(N)n2)C(F)(F)F)n1. The van der Waals surface area contributed by atoms with Crippen molar-refractivity contribution in [1.29, 1.82) is 0 Å². The van der Waals surface area contributed by atoms with E-state index in [1.54, 1.807) is 31.3 Å². The summed E-state index contributed by atoms with van der Waals surface area (Å²) in [4.78, 5) is 23.1. The molecule has 50 heavy (non-hydrogen) atoms. The van der Waals surface area contributed by atoms with E-state index < -0.39 is 17.9 Å². The van der Waals surface area contributed by atoms with E-state index in [1.807, 2.05) is 57.7 Å². The minimum atomic E-state index is -4.81. The Hall–Kier alpha value is -4.65. The van der Waals surface area contributed by atoms with Crippen LogP contribution in [0, 0.1) is 26.2 Å². The standard InChI is InChI=1S/C37H44F3N7O3/c1-22-7-8-25(17-23(22)2)26-9-10-27(29(18-26)47-14-11-24(3)45-47)32(37(38,39)40)49-31-19-30(43-34(41)44-31)46-15-12-36(13-16-46)20-28(42-21-36)33(48)50-35(4,5)6/h7-11,14,17-19,28,32,42H,12-13,15-16,20-21H2,1-6H3,(H2,41,43,44)/t28-,32?/m0/s1. The summed E-state index contributed by atoms with van der Waals surface area (Å²) in [5.74, 6) is -0.360. The first-order chi connectivity index (χ1) is 23.5. The Kier molecular flexibility index (Phi) is 9.31. The molecule has 2 saturated heterocycles. The maximum Gasteiger partial charge on any atom is 0.429 e. The van der Waals surface area contributed by atoms with Crippen LogP contribution in [0.3, 0.4) is 0 Å². The van der Waals surface area contributed by atoms with Gasteiger partial charge in [-0.15, -0.1) is 0 Å². The lowest BCUT2D eigenvalue weighted by molar-refractivity contribution is -0.198. The number of piperidine rings is 1. The number of hydrogen-bond acceptors (Lipinski definition) is 9. The largest absolute Gasteiger partial charge is 0.459 e. The predicted molar refractivity (Wildman–Crippen MR) is 185 cm³/mol. The van der Waals surface area contributed by atoms with Crippen molar-refractivity contribution >= 4 is 17.7 Å². The third-order valence-electron chi connectivity index (χ3n) is 9.56. The Morgan fingerprint density at radius 2 is 1.68 bits per heavy atom. The summed E-state index contributed by atoms with van der Waals surface area (Å²) in [6.07, 6.45) is -3.39. The van der Waals surface area contributed by atoms with Gasteiger partial charge in [-0.25, -0.2) is 4.68 Å². The van der Waals surface area contributed by atoms with Crippen molar-refractivity contribution in [2.75, 3.05) is 30.3 Å². The number of rotatable bonds is 7. The molecule has 266 valence electrons. The van der Waals surface area contributed by atoms with Gasteiger partial charge in [-0.3, -0.25) is 4.79 Å². The zero-order valence-corrected chi connectivity index (χ0v) is 29.3. The molecule has 4 aromatic rings. The van der Waals surface area contributed by atoms with Crippen LogP contribution >= 0.6 is 0 Å². The summed E-state index contributed by atoms with van der Waals surface area (Å²) in [5.41, 5.74) is 9.96. The molecule has 2 aromatic heterocycles. The maximum absolute atomic E-state index is 14.9. The van der Waals surface area contributed by atoms with Gasteiger partial charge in [-0.05, 0) is 101 Å². The van der Waals surface area contributed by atoms with Gasteiger partial charge in [0.15, 0.2) is 0 Å². The highest BCUT2D eigenvalue weighted by molar-refractivity contribution is 5.76. The zero-order valence-electron chi connectivity index (χ0n) is 29.3. The molecule has 2 fully saturated rings. The fourth-order valence-electron chi connectivity index (χ4n) is 6.74. The molecule has 1 unspecified atom stereocenters. The molecular weight excluding hydrogens is 647 g/mol. The molecular formula is C37H44F3N7O3. The second-order valence-corrected chi connectivity index (χ2v) is 14.6. The van der Waals surface area contributed by atoms with E-state index in [0.717, 1.165) is 35.1 Å². The number of aromatic nitrogens is 4. The van der Waals surface area contributed by atoms with Gasteiger partial charge in [0.2, 0.25) is 17.9 Å². The highest BCUT2D eigenvalue weighted by Crippen LogP contribution is 2.43. The third kappa shape index (κ3) is 7.72. The molecule has 3 N–H and O–H groups in total. The lowest BCUT2D eigenvalue weighted by Crippen LogP contribution is -2.41. The van der Waals surface area contributed by atoms with E-state index in [2.05, 4.69) is 20.4 Å². The Morgan fingerprint density at radius 3 is 2.32 bits per heavy atom. The Morgan fingerprint density at radius 1 is 0.980 bits per heavy atom. The van der Waals surface area contributed by atoms with E-state index in [1.165, 1.54) is 16.8 Å². The van der Waals surface area contributed by atoms with Crippen LogP contribution in [0.15, 0.2) is 54.7 Å². The fourth-order valence-corrected chi connectivity index (χ4v) is 6.74. The van der Waals surface area contributed by atoms with Crippen molar-refractivity contribution in [3.05, 3.63) is 77.1 Å². The molecule has 0 radical (unpaired) electrons. The van der Waals surface area contributed by atoms with Crippen LogP contribution in [0.4, 0.5) is 24.9 Å². The molecule has 2 aliphatic heterocycles. The van der Waals surface area contributed by atoms with Crippen LogP contribution in [0.2, 0.25) is 0 Å². The molecule has 1 spiro atoms. The third-order valence-corrected chi connectivity index (χ3v) is 9.56. The van der Waals surface area contributed by atoms with Crippen LogP contribution in [0.25, 0.3) is 16.8 Å². The number of aryl methyl sites for hydroxylation is 3. The van der Waals surface area contributed by atoms with E-state index in [-0.39, 0.29) is 40.5 Å². The first-order valence-electron chi connectivity index (χ1n) is 16.8. The lowest BCUT2D eigenvalue weighted by atomic mass is 9.76. The number of carbonyl (C=O) groups is 1. The van der Waals surface area contributed by atoms with Gasteiger partial charge in [0.25, 0.3) is 0 Å². The van der Waals surface area contributed by atoms with Gasteiger partial charge in [-0.2, -0.15) is 28.2 Å². The second kappa shape index (κ2) is 13.2. The van der Waals surface area contributed by atoms with Crippen molar-refractivity contribution in [2.45, 2.75) is 84.7 Å². The molecule has 10 nitrogen and oxygen atoms in total. The highest BCUT2D eigenvalue weighted by Gasteiger charge is 2.46. The van der Waals surface area contributed by atoms with E-state index in [0.29, 0.717) is 37.6 Å². The van der Waals surface area contributed by atoms with Crippen LogP contribution in [-0.2, 0) is 9.53 Å². The first kappa shape index (κ1) is 35.2. The van der Waals surface area contributed by atoms with Gasteiger partial charge < -0.3 is 25.4 Å². The quantitative estimate of drug-likeness (QED) is 0.202. The molecule has 2 aromatic carbocycles. The molecule has 0 saturated carbocycles. The van der Waals surface area contributed by atoms with E-state index >= 15 is 0 Å². The molecule has 2 aliphatic rings. The Bertz CT molecular complexity index is 1880. The number of esters is 1. The van der Waals surface area contributed by atoms with Crippen molar-refractivity contribution in [3.63, 3.8) is 0 Å². The topological polar surface area (TPSA) is 120 Å². The molecule has 0 bridgehead atoms. The van der Waals surface area contributed by atoms with Crippen LogP contribution in [-0.4, -0.2) is 63.2 Å². The number of hydrogen-bond donors (Lipinski definition) is 2. The summed E-state index contributed by atoms with van der Waals surface area (Å²) in [5, 5.41) is 7.77. The first-order valence-corrected chi connectivity index (χ1v) is 16.8.